The number of hydrogen-bond donors (Lipinski definition) is 1. The van der Waals surface area contributed by atoms with Crippen molar-refractivity contribution >= 4 is 22.9 Å². The Morgan fingerprint density at radius 2 is 1.77 bits per heavy atom. The van der Waals surface area contributed by atoms with Crippen molar-refractivity contribution in [2.45, 2.75) is 58.2 Å². The second-order valence-electron chi connectivity index (χ2n) is 13.4. The lowest BCUT2D eigenvalue weighted by Gasteiger charge is -2.39. The minimum atomic E-state index is -0.534. The van der Waals surface area contributed by atoms with Crippen LogP contribution in [0, 0.1) is 18.2 Å². The van der Waals surface area contributed by atoms with E-state index in [9.17, 15) is 9.18 Å². The number of imidazole rings is 1. The van der Waals surface area contributed by atoms with E-state index in [1.54, 1.807) is 7.11 Å². The van der Waals surface area contributed by atoms with Gasteiger partial charge in [0.05, 0.1) is 30.1 Å². The molecule has 3 aromatic carbocycles. The molecule has 1 atom stereocenters. The van der Waals surface area contributed by atoms with Gasteiger partial charge in [0, 0.05) is 37.8 Å². The second-order valence-corrected chi connectivity index (χ2v) is 13.4. The average molecular weight is 650 g/mol. The topological polar surface area (TPSA) is 77.8 Å². The number of hydrogen-bond acceptors (Lipinski definition) is 6. The molecule has 7 rings (SSSR count). The number of fused-ring (bicyclic) bond motifs is 1. The molecule has 0 radical (unpaired) electrons. The number of halogens is 1. The third kappa shape index (κ3) is 6.83. The fourth-order valence-electron chi connectivity index (χ4n) is 7.58. The molecule has 1 unspecified atom stereocenters. The Morgan fingerprint density at radius 1 is 1.00 bits per heavy atom. The van der Waals surface area contributed by atoms with Crippen LogP contribution in [0.5, 0.6) is 5.75 Å². The monoisotopic (exact) mass is 649 g/mol. The highest BCUT2D eigenvalue weighted by atomic mass is 19.1. The zero-order chi connectivity index (χ0) is 33.1. The highest BCUT2D eigenvalue weighted by Crippen LogP contribution is 2.41. The van der Waals surface area contributed by atoms with E-state index in [2.05, 4.69) is 26.9 Å². The molecule has 0 spiro atoms. The van der Waals surface area contributed by atoms with E-state index in [1.165, 1.54) is 12.1 Å². The van der Waals surface area contributed by atoms with Crippen LogP contribution < -0.4 is 9.64 Å². The van der Waals surface area contributed by atoms with Crippen LogP contribution in [-0.2, 0) is 24.3 Å². The van der Waals surface area contributed by atoms with Crippen molar-refractivity contribution < 1.29 is 18.3 Å². The smallest absolute Gasteiger partial charge is 0.229 e. The van der Waals surface area contributed by atoms with Crippen LogP contribution >= 0.6 is 0 Å². The third-order valence-electron chi connectivity index (χ3n) is 10.3. The van der Waals surface area contributed by atoms with Gasteiger partial charge in [0.25, 0.3) is 0 Å². The highest BCUT2D eigenvalue weighted by Gasteiger charge is 2.46. The molecule has 5 aromatic rings. The Morgan fingerprint density at radius 3 is 2.52 bits per heavy atom. The Bertz CT molecular complexity index is 1810. The number of amides is 1. The molecule has 2 aromatic heterocycles. The maximum Gasteiger partial charge on any atom is 0.229 e. The first-order valence-electron chi connectivity index (χ1n) is 17.0. The summed E-state index contributed by atoms with van der Waals surface area (Å²) < 4.78 is 25.4. The summed E-state index contributed by atoms with van der Waals surface area (Å²) in [6.45, 7) is 6.54. The highest BCUT2D eigenvalue weighted by molar-refractivity contribution is 5.85. The van der Waals surface area contributed by atoms with Gasteiger partial charge in [-0.05, 0) is 93.6 Å². The number of furan rings is 1. The fraction of sp³-hybridized carbons (Fsp3) is 0.385. The normalized spacial score (nSPS) is 19.0. The van der Waals surface area contributed by atoms with Crippen molar-refractivity contribution in [3.63, 3.8) is 0 Å². The lowest BCUT2D eigenvalue weighted by Crippen LogP contribution is -2.46. The fourth-order valence-corrected chi connectivity index (χ4v) is 7.58. The Balaban J connectivity index is 1.05. The molecule has 250 valence electrons. The van der Waals surface area contributed by atoms with Crippen molar-refractivity contribution in [2.75, 3.05) is 38.2 Å². The van der Waals surface area contributed by atoms with Gasteiger partial charge in [0.15, 0.2) is 0 Å². The van der Waals surface area contributed by atoms with Crippen LogP contribution in [0.3, 0.4) is 0 Å². The van der Waals surface area contributed by atoms with E-state index in [1.807, 2.05) is 72.5 Å². The Kier molecular flexibility index (Phi) is 9.21. The first-order chi connectivity index (χ1) is 23.4. The molecule has 1 N–H and O–H groups in total. The largest absolute Gasteiger partial charge is 0.496 e. The number of methoxy groups -OCH3 is 1. The maximum absolute atomic E-state index is 14.3. The van der Waals surface area contributed by atoms with Crippen LogP contribution in [0.25, 0.3) is 11.0 Å². The molecule has 48 heavy (non-hydrogen) atoms. The molecule has 2 aliphatic rings. The average Bonchev–Trinajstić information content (AvgIpc) is 3.81. The molecule has 2 saturated heterocycles. The molecule has 0 aliphatic carbocycles. The number of nitrogens with zero attached hydrogens (tertiary/aromatic N) is 4. The molecule has 2 fully saturated rings. The maximum atomic E-state index is 14.3. The number of benzene rings is 3. The molecule has 1 amide bonds. The molecule has 8 nitrogen and oxygen atoms in total. The molecular weight excluding hydrogens is 605 g/mol. The number of aryl methyl sites for hydroxylation is 1. The van der Waals surface area contributed by atoms with E-state index < -0.39 is 5.41 Å². The number of rotatable bonds is 12. The van der Waals surface area contributed by atoms with Crippen LogP contribution in [0.2, 0.25) is 0 Å². The first-order valence-corrected chi connectivity index (χ1v) is 17.0. The Hall–Kier alpha value is -4.63. The zero-order valence-electron chi connectivity index (χ0n) is 27.8. The summed E-state index contributed by atoms with van der Waals surface area (Å²) in [5.41, 5.74) is 3.45. The van der Waals surface area contributed by atoms with E-state index in [-0.39, 0.29) is 11.7 Å². The quantitative estimate of drug-likeness (QED) is 0.155. The summed E-state index contributed by atoms with van der Waals surface area (Å²) in [5.74, 6) is 3.41. The Labute approximate surface area is 281 Å². The first kappa shape index (κ1) is 31.9. The number of carbonyl (C=O) groups is 1. The van der Waals surface area contributed by atoms with Crippen molar-refractivity contribution in [1.29, 1.82) is 0 Å². The minimum Gasteiger partial charge on any atom is -0.496 e. The van der Waals surface area contributed by atoms with Crippen LogP contribution in [-0.4, -0.2) is 65.0 Å². The number of nitrogens with one attached hydrogen (secondary N) is 1. The molecule has 4 heterocycles. The number of likely N-dealkylation sites (tertiary alicyclic amines) is 2. The summed E-state index contributed by atoms with van der Waals surface area (Å²) in [5, 5.41) is 0. The summed E-state index contributed by atoms with van der Waals surface area (Å²) in [7, 11) is 1.67. The number of aromatic amines is 1. The minimum absolute atomic E-state index is 0.178. The van der Waals surface area contributed by atoms with Gasteiger partial charge >= 0.3 is 0 Å². The number of H-pyrrole nitrogens is 1. The van der Waals surface area contributed by atoms with E-state index in [0.717, 1.165) is 90.7 Å². The van der Waals surface area contributed by atoms with Crippen LogP contribution in [0.15, 0.2) is 89.3 Å². The van der Waals surface area contributed by atoms with E-state index >= 15 is 0 Å². The number of carbonyl (C=O) groups excluding carboxylic acids is 1. The van der Waals surface area contributed by atoms with Gasteiger partial charge in [-0.15, -0.1) is 0 Å². The van der Waals surface area contributed by atoms with Crippen molar-refractivity contribution in [3.8, 4) is 5.75 Å². The number of anilines is 1. The number of aromatic nitrogens is 2. The number of piperidine rings is 1. The predicted octanol–water partition coefficient (Wildman–Crippen LogP) is 7.13. The summed E-state index contributed by atoms with van der Waals surface area (Å²) >= 11 is 0. The SMILES string of the molecule is COc1ccccc1CN1CCC(CCN2CCC(N(Cc3ccc(C)o3)c3nc4ccccc4[nH]3)CC2)(Cc2ccc(F)cc2)C1=O. The zero-order valence-corrected chi connectivity index (χ0v) is 27.8. The summed E-state index contributed by atoms with van der Waals surface area (Å²) in [4.78, 5) is 29.6. The molecule has 2 aliphatic heterocycles. The van der Waals surface area contributed by atoms with E-state index in [4.69, 9.17) is 14.1 Å². The van der Waals surface area contributed by atoms with Crippen LogP contribution in [0.1, 0.15) is 48.3 Å². The number of ether oxygens (including phenoxy) is 1. The molecule has 9 heteroatoms. The third-order valence-corrected chi connectivity index (χ3v) is 10.3. The predicted molar refractivity (Wildman–Crippen MR) is 185 cm³/mol. The van der Waals surface area contributed by atoms with Gasteiger partial charge in [-0.3, -0.25) is 4.79 Å². The van der Waals surface area contributed by atoms with Crippen molar-refractivity contribution in [1.82, 2.24) is 19.8 Å². The lowest BCUT2D eigenvalue weighted by molar-refractivity contribution is -0.137. The summed E-state index contributed by atoms with van der Waals surface area (Å²) in [6, 6.07) is 27.0. The van der Waals surface area contributed by atoms with Gasteiger partial charge in [-0.1, -0.05) is 42.5 Å². The second kappa shape index (κ2) is 13.8. The van der Waals surface area contributed by atoms with Gasteiger partial charge in [-0.2, -0.15) is 0 Å². The molecule has 0 saturated carbocycles. The van der Waals surface area contributed by atoms with Gasteiger partial charge in [0.2, 0.25) is 11.9 Å². The molecular formula is C39H44FN5O3. The van der Waals surface area contributed by atoms with Gasteiger partial charge < -0.3 is 28.8 Å². The molecule has 0 bridgehead atoms. The van der Waals surface area contributed by atoms with E-state index in [0.29, 0.717) is 32.1 Å². The van der Waals surface area contributed by atoms with Crippen LogP contribution in [0.4, 0.5) is 10.3 Å². The lowest BCUT2D eigenvalue weighted by atomic mass is 9.77. The van der Waals surface area contributed by atoms with Gasteiger partial charge in [0.1, 0.15) is 23.1 Å². The van der Waals surface area contributed by atoms with Crippen molar-refractivity contribution in [3.05, 3.63) is 113 Å². The number of para-hydroxylation sites is 3. The van der Waals surface area contributed by atoms with Crippen molar-refractivity contribution in [2.24, 2.45) is 5.41 Å². The standard InChI is InChI=1S/C39H44FN5O3/c1-28-11-16-33(48-28)27-45(38-41-34-8-4-5-9-35(34)42-38)32-17-21-43(22-18-32)23-19-39(25-29-12-14-31(40)15-13-29)20-24-44(37(39)46)26-30-7-3-6-10-36(30)47-2/h3-16,32H,17-27H2,1-2H3,(H,41,42). The van der Waals surface area contributed by atoms with Gasteiger partial charge in [-0.25, -0.2) is 9.37 Å². The summed E-state index contributed by atoms with van der Waals surface area (Å²) in [6.07, 6.45) is 4.10.